The van der Waals surface area contributed by atoms with Gasteiger partial charge in [0.2, 0.25) is 0 Å². The molecule has 4 aromatic rings. The Balaban J connectivity index is 2.02. The summed E-state index contributed by atoms with van der Waals surface area (Å²) >= 11 is 0. The molecule has 0 saturated heterocycles. The fraction of sp³-hybridized carbons (Fsp3) is 0.259. The topological polar surface area (TPSA) is 107 Å². The number of hydrogen-bond acceptors (Lipinski definition) is 6. The van der Waals surface area contributed by atoms with Gasteiger partial charge in [-0.1, -0.05) is 6.92 Å². The fourth-order valence-electron chi connectivity index (χ4n) is 4.20. The minimum atomic E-state index is -3.58. The molecule has 0 fully saturated rings. The first-order chi connectivity index (χ1) is 17.5. The molecule has 0 amide bonds. The number of fused-ring (bicyclic) bond motifs is 1. The second-order valence-corrected chi connectivity index (χ2v) is 11.0. The van der Waals surface area contributed by atoms with Crippen molar-refractivity contribution in [3.8, 4) is 22.6 Å². The SMILES string of the molecule is CCOC(=O)c1cc2c(-c3cc(S(=O)(=O)CC)ccc3Oc3c(C)cc(F)cc3C)cn(C)c(=O)c2[nH]1. The highest BCUT2D eigenvalue weighted by Gasteiger charge is 2.22. The van der Waals surface area contributed by atoms with Gasteiger partial charge < -0.3 is 19.0 Å². The van der Waals surface area contributed by atoms with Crippen molar-refractivity contribution in [2.24, 2.45) is 7.05 Å². The van der Waals surface area contributed by atoms with Gasteiger partial charge in [0.05, 0.1) is 17.3 Å². The van der Waals surface area contributed by atoms with Crippen molar-refractivity contribution in [1.82, 2.24) is 9.55 Å². The van der Waals surface area contributed by atoms with E-state index in [1.54, 1.807) is 40.9 Å². The number of ether oxygens (including phenoxy) is 2. The van der Waals surface area contributed by atoms with Gasteiger partial charge in [-0.15, -0.1) is 0 Å². The van der Waals surface area contributed by atoms with Crippen LogP contribution in [0.1, 0.15) is 35.5 Å². The molecule has 0 unspecified atom stereocenters. The Morgan fingerprint density at radius 1 is 1.05 bits per heavy atom. The molecule has 0 atom stereocenters. The molecule has 8 nitrogen and oxygen atoms in total. The Labute approximate surface area is 213 Å². The lowest BCUT2D eigenvalue weighted by Gasteiger charge is -2.17. The highest BCUT2D eigenvalue weighted by Crippen LogP contribution is 2.40. The summed E-state index contributed by atoms with van der Waals surface area (Å²) in [6.07, 6.45) is 1.56. The van der Waals surface area contributed by atoms with E-state index in [0.29, 0.717) is 39.1 Å². The normalized spacial score (nSPS) is 11.6. The molecule has 0 saturated carbocycles. The molecule has 2 heterocycles. The first-order valence-electron chi connectivity index (χ1n) is 11.7. The zero-order chi connectivity index (χ0) is 27.1. The van der Waals surface area contributed by atoms with Crippen LogP contribution in [-0.4, -0.2) is 36.3 Å². The van der Waals surface area contributed by atoms with E-state index in [2.05, 4.69) is 4.98 Å². The average molecular weight is 527 g/mol. The lowest BCUT2D eigenvalue weighted by atomic mass is 10.0. The van der Waals surface area contributed by atoms with Gasteiger partial charge in [-0.3, -0.25) is 4.79 Å². The lowest BCUT2D eigenvalue weighted by Crippen LogP contribution is -2.17. The summed E-state index contributed by atoms with van der Waals surface area (Å²) in [5.74, 6) is -0.403. The number of carbonyl (C=O) groups is 1. The number of rotatable bonds is 7. The van der Waals surface area contributed by atoms with E-state index in [1.165, 1.54) is 41.0 Å². The van der Waals surface area contributed by atoms with Crippen molar-refractivity contribution in [2.75, 3.05) is 12.4 Å². The zero-order valence-corrected chi connectivity index (χ0v) is 22.0. The predicted molar refractivity (Wildman–Crippen MR) is 139 cm³/mol. The van der Waals surface area contributed by atoms with Crippen molar-refractivity contribution >= 4 is 26.7 Å². The number of nitrogens with one attached hydrogen (secondary N) is 1. The van der Waals surface area contributed by atoms with E-state index in [4.69, 9.17) is 9.47 Å². The quantitative estimate of drug-likeness (QED) is 0.338. The summed E-state index contributed by atoms with van der Waals surface area (Å²) in [7, 11) is -2.03. The van der Waals surface area contributed by atoms with Gasteiger partial charge in [0.15, 0.2) is 9.84 Å². The van der Waals surface area contributed by atoms with E-state index < -0.39 is 21.6 Å². The maximum absolute atomic E-state index is 13.9. The zero-order valence-electron chi connectivity index (χ0n) is 21.1. The van der Waals surface area contributed by atoms with E-state index in [9.17, 15) is 22.4 Å². The maximum atomic E-state index is 13.9. The Bertz CT molecular complexity index is 1680. The fourth-order valence-corrected chi connectivity index (χ4v) is 5.11. The third kappa shape index (κ3) is 4.89. The number of sulfone groups is 1. The van der Waals surface area contributed by atoms with Crippen molar-refractivity contribution in [3.05, 3.63) is 75.6 Å². The Morgan fingerprint density at radius 2 is 1.73 bits per heavy atom. The number of nitrogens with zero attached hydrogens (tertiary/aromatic N) is 1. The molecule has 0 aliphatic carbocycles. The van der Waals surface area contributed by atoms with Crippen molar-refractivity contribution in [3.63, 3.8) is 0 Å². The molecular weight excluding hydrogens is 499 g/mol. The lowest BCUT2D eigenvalue weighted by molar-refractivity contribution is 0.0520. The summed E-state index contributed by atoms with van der Waals surface area (Å²) in [6.45, 7) is 6.80. The van der Waals surface area contributed by atoms with Crippen LogP contribution in [0.3, 0.4) is 0 Å². The molecule has 4 rings (SSSR count). The molecule has 2 aromatic heterocycles. The molecule has 0 aliphatic rings. The molecule has 194 valence electrons. The largest absolute Gasteiger partial charge is 0.461 e. The molecule has 0 aliphatic heterocycles. The predicted octanol–water partition coefficient (Wildman–Crippen LogP) is 5.05. The molecule has 0 bridgehead atoms. The smallest absolute Gasteiger partial charge is 0.354 e. The molecule has 0 radical (unpaired) electrons. The minimum Gasteiger partial charge on any atom is -0.461 e. The van der Waals surface area contributed by atoms with Crippen LogP contribution < -0.4 is 10.3 Å². The van der Waals surface area contributed by atoms with Crippen LogP contribution in [0, 0.1) is 19.7 Å². The first kappa shape index (κ1) is 26.2. The standard InChI is InChI=1S/C27H27FN2O6S/c1-6-35-27(32)22-13-20-21(14-30(5)26(31)24(20)29-22)19-12-18(37(33,34)7-2)8-9-23(19)36-25-15(3)10-17(28)11-16(25)4/h8-14,29H,6-7H2,1-5H3. The number of H-pyrrole nitrogens is 1. The molecule has 2 aromatic carbocycles. The second-order valence-electron chi connectivity index (χ2n) is 8.68. The van der Waals surface area contributed by atoms with Gasteiger partial charge in [0.1, 0.15) is 28.5 Å². The number of aromatic amines is 1. The number of aromatic nitrogens is 2. The van der Waals surface area contributed by atoms with Gasteiger partial charge in [0, 0.05) is 29.8 Å². The van der Waals surface area contributed by atoms with E-state index in [1.807, 2.05) is 0 Å². The molecule has 37 heavy (non-hydrogen) atoms. The summed E-state index contributed by atoms with van der Waals surface area (Å²) in [5, 5.41) is 0.398. The number of aryl methyl sites for hydroxylation is 3. The molecule has 1 N–H and O–H groups in total. The molecule has 0 spiro atoms. The van der Waals surface area contributed by atoms with E-state index in [0.717, 1.165) is 0 Å². The van der Waals surface area contributed by atoms with Gasteiger partial charge in [0.25, 0.3) is 5.56 Å². The van der Waals surface area contributed by atoms with Crippen LogP contribution in [0.5, 0.6) is 11.5 Å². The van der Waals surface area contributed by atoms with Crippen LogP contribution >= 0.6 is 0 Å². The molecule has 10 heteroatoms. The van der Waals surface area contributed by atoms with Gasteiger partial charge in [-0.05, 0) is 68.3 Å². The number of hydrogen-bond donors (Lipinski definition) is 1. The van der Waals surface area contributed by atoms with E-state index in [-0.39, 0.29) is 34.0 Å². The summed E-state index contributed by atoms with van der Waals surface area (Å²) in [5.41, 5.74) is 1.84. The van der Waals surface area contributed by atoms with Crippen molar-refractivity contribution in [1.29, 1.82) is 0 Å². The first-order valence-corrected chi connectivity index (χ1v) is 13.3. The third-order valence-corrected chi connectivity index (χ3v) is 7.81. The van der Waals surface area contributed by atoms with E-state index >= 15 is 0 Å². The van der Waals surface area contributed by atoms with Crippen molar-refractivity contribution < 1.29 is 27.1 Å². The van der Waals surface area contributed by atoms with Crippen LogP contribution in [0.4, 0.5) is 4.39 Å². The third-order valence-electron chi connectivity index (χ3n) is 6.08. The summed E-state index contributed by atoms with van der Waals surface area (Å²) in [6, 6.07) is 8.67. The Hall–Kier alpha value is -3.92. The van der Waals surface area contributed by atoms with Crippen LogP contribution in [-0.2, 0) is 21.6 Å². The average Bonchev–Trinajstić information content (AvgIpc) is 3.30. The second kappa shape index (κ2) is 9.85. The van der Waals surface area contributed by atoms with Crippen LogP contribution in [0.15, 0.2) is 52.3 Å². The summed E-state index contributed by atoms with van der Waals surface area (Å²) in [4.78, 5) is 28.2. The highest BCUT2D eigenvalue weighted by molar-refractivity contribution is 7.91. The Kier molecular flexibility index (Phi) is 6.96. The number of pyridine rings is 1. The Morgan fingerprint density at radius 3 is 2.35 bits per heavy atom. The number of carbonyl (C=O) groups excluding carboxylic acids is 1. The van der Waals surface area contributed by atoms with Crippen molar-refractivity contribution in [2.45, 2.75) is 32.6 Å². The van der Waals surface area contributed by atoms with Crippen LogP contribution in [0.25, 0.3) is 22.0 Å². The van der Waals surface area contributed by atoms with Gasteiger partial charge >= 0.3 is 5.97 Å². The maximum Gasteiger partial charge on any atom is 0.354 e. The minimum absolute atomic E-state index is 0.0769. The van der Waals surface area contributed by atoms with Gasteiger partial charge in [-0.2, -0.15) is 0 Å². The number of halogens is 1. The monoisotopic (exact) mass is 526 g/mol. The number of esters is 1. The number of benzene rings is 2. The highest BCUT2D eigenvalue weighted by atomic mass is 32.2. The molecular formula is C27H27FN2O6S. The summed E-state index contributed by atoms with van der Waals surface area (Å²) < 4.78 is 52.0. The van der Waals surface area contributed by atoms with Crippen LogP contribution in [0.2, 0.25) is 0 Å². The van der Waals surface area contributed by atoms with Gasteiger partial charge in [-0.25, -0.2) is 17.6 Å².